The van der Waals surface area contributed by atoms with Crippen molar-refractivity contribution in [2.75, 3.05) is 6.26 Å². The van der Waals surface area contributed by atoms with E-state index in [1.807, 2.05) is 0 Å². The van der Waals surface area contributed by atoms with Gasteiger partial charge in [-0.3, -0.25) is 4.28 Å². The van der Waals surface area contributed by atoms with Crippen LogP contribution in [0.4, 0.5) is 0 Å². The summed E-state index contributed by atoms with van der Waals surface area (Å²) in [5.74, 6) is 0. The average Bonchev–Trinajstić information content (AvgIpc) is 2.29. The molecule has 0 amide bonds. The molecule has 0 saturated heterocycles. The van der Waals surface area contributed by atoms with Gasteiger partial charge in [-0.15, -0.1) is 0 Å². The van der Waals surface area contributed by atoms with E-state index in [0.29, 0.717) is 0 Å². The Balaban J connectivity index is 2.67. The zero-order chi connectivity index (χ0) is 12.7. The number of allylic oxidation sites excluding steroid dienone is 4. The van der Waals surface area contributed by atoms with Crippen molar-refractivity contribution in [1.29, 1.82) is 5.26 Å². The Morgan fingerprint density at radius 3 is 2.88 bits per heavy atom. The minimum atomic E-state index is -3.66. The molecule has 1 aliphatic rings. The first-order chi connectivity index (χ1) is 8.01. The molecule has 0 radical (unpaired) electrons. The summed E-state index contributed by atoms with van der Waals surface area (Å²) >= 11 is 0. The summed E-state index contributed by atoms with van der Waals surface area (Å²) in [4.78, 5) is 0. The van der Waals surface area contributed by atoms with Crippen LogP contribution in [-0.4, -0.2) is 20.4 Å². The lowest BCUT2D eigenvalue weighted by Gasteiger charge is -2.07. The minimum Gasteiger partial charge on any atom is -0.267 e. The van der Waals surface area contributed by atoms with Gasteiger partial charge < -0.3 is 0 Å². The van der Waals surface area contributed by atoms with Crippen molar-refractivity contribution in [3.8, 4) is 6.07 Å². The van der Waals surface area contributed by atoms with Gasteiger partial charge in [0, 0.05) is 0 Å². The van der Waals surface area contributed by atoms with E-state index in [9.17, 15) is 8.42 Å². The van der Waals surface area contributed by atoms with Crippen LogP contribution in [0.1, 0.15) is 25.7 Å². The van der Waals surface area contributed by atoms with E-state index in [0.717, 1.165) is 31.1 Å². The lowest BCUT2D eigenvalue weighted by molar-refractivity contribution is 0.344. The summed E-state index contributed by atoms with van der Waals surface area (Å²) in [5, 5.41) is 12.0. The van der Waals surface area contributed by atoms with E-state index in [2.05, 4.69) is 15.5 Å². The van der Waals surface area contributed by atoms with Gasteiger partial charge in [0.25, 0.3) is 0 Å². The van der Waals surface area contributed by atoms with Crippen molar-refractivity contribution in [2.45, 2.75) is 25.7 Å². The highest BCUT2D eigenvalue weighted by Crippen LogP contribution is 2.17. The van der Waals surface area contributed by atoms with Crippen molar-refractivity contribution in [3.63, 3.8) is 0 Å². The van der Waals surface area contributed by atoms with Gasteiger partial charge in [0.05, 0.1) is 6.26 Å². The molecule has 0 aromatic heterocycles. The number of oxime groups is 1. The van der Waals surface area contributed by atoms with Crippen LogP contribution in [0.15, 0.2) is 29.0 Å². The quantitative estimate of drug-likeness (QED) is 0.567. The van der Waals surface area contributed by atoms with Crippen molar-refractivity contribution in [2.24, 2.45) is 5.16 Å². The maximum atomic E-state index is 10.7. The van der Waals surface area contributed by atoms with Crippen molar-refractivity contribution in [3.05, 3.63) is 23.8 Å². The van der Waals surface area contributed by atoms with E-state index >= 15 is 0 Å². The van der Waals surface area contributed by atoms with E-state index in [-0.39, 0.29) is 5.71 Å². The molecule has 0 heterocycles. The van der Waals surface area contributed by atoms with E-state index in [4.69, 9.17) is 5.26 Å². The first kappa shape index (κ1) is 13.5. The summed E-state index contributed by atoms with van der Waals surface area (Å²) in [6.45, 7) is 0. The summed E-state index contributed by atoms with van der Waals surface area (Å²) in [6, 6.07) is 1.76. The molecule has 0 aliphatic heterocycles. The van der Waals surface area contributed by atoms with Crippen molar-refractivity contribution < 1.29 is 12.7 Å². The molecule has 0 saturated carbocycles. The van der Waals surface area contributed by atoms with Crippen LogP contribution in [0.5, 0.6) is 0 Å². The molecule has 0 N–H and O–H groups in total. The summed E-state index contributed by atoms with van der Waals surface area (Å²) in [7, 11) is -3.66. The molecule has 17 heavy (non-hydrogen) atoms. The predicted octanol–water partition coefficient (Wildman–Crippen LogP) is 1.90. The van der Waals surface area contributed by atoms with Gasteiger partial charge in [-0.1, -0.05) is 22.9 Å². The Hall–Kier alpha value is -1.61. The number of hydrogen-bond donors (Lipinski definition) is 0. The van der Waals surface area contributed by atoms with Gasteiger partial charge in [-0.2, -0.15) is 13.7 Å². The predicted molar refractivity (Wildman–Crippen MR) is 64.7 cm³/mol. The Morgan fingerprint density at radius 2 is 2.35 bits per heavy atom. The highest BCUT2D eigenvalue weighted by atomic mass is 32.2. The number of nitriles is 1. The topological polar surface area (TPSA) is 79.5 Å². The zero-order valence-corrected chi connectivity index (χ0v) is 10.4. The second-order valence-corrected chi connectivity index (χ2v) is 5.28. The molecule has 0 aromatic carbocycles. The second kappa shape index (κ2) is 6.21. The first-order valence-corrected chi connectivity index (χ1v) is 7.07. The SMILES string of the molecule is CS(=O)(=O)O/N=C(C#N)/C=C/C1=CCCCC1. The fourth-order valence-electron chi connectivity index (χ4n) is 1.40. The molecule has 1 rings (SSSR count). The van der Waals surface area contributed by atoms with E-state index in [1.54, 1.807) is 12.1 Å². The van der Waals surface area contributed by atoms with Crippen molar-refractivity contribution in [1.82, 2.24) is 0 Å². The Labute approximate surface area is 101 Å². The molecule has 0 unspecified atom stereocenters. The van der Waals surface area contributed by atoms with Crippen LogP contribution >= 0.6 is 0 Å². The molecule has 0 spiro atoms. The molecule has 0 atom stereocenters. The molecule has 6 heteroatoms. The number of rotatable bonds is 4. The van der Waals surface area contributed by atoms with Gasteiger partial charge in [0.2, 0.25) is 0 Å². The fourth-order valence-corrected chi connectivity index (χ4v) is 1.61. The van der Waals surface area contributed by atoms with Crippen LogP contribution in [0, 0.1) is 11.3 Å². The van der Waals surface area contributed by atoms with Gasteiger partial charge in [-0.05, 0) is 31.8 Å². The fraction of sp³-hybridized carbons (Fsp3) is 0.455. The number of nitrogens with zero attached hydrogens (tertiary/aromatic N) is 2. The Bertz CT molecular complexity index is 495. The molecular formula is C11H14N2O3S. The van der Waals surface area contributed by atoms with Crippen LogP contribution in [0.3, 0.4) is 0 Å². The summed E-state index contributed by atoms with van der Waals surface area (Å²) < 4.78 is 25.6. The van der Waals surface area contributed by atoms with Gasteiger partial charge in [-0.25, -0.2) is 0 Å². The number of hydrogen-bond acceptors (Lipinski definition) is 5. The maximum absolute atomic E-state index is 10.7. The molecule has 0 fully saturated rings. The molecule has 0 aromatic rings. The van der Waals surface area contributed by atoms with Gasteiger partial charge >= 0.3 is 10.1 Å². The third-order valence-electron chi connectivity index (χ3n) is 2.17. The highest BCUT2D eigenvalue weighted by Gasteiger charge is 2.03. The third kappa shape index (κ3) is 5.88. The summed E-state index contributed by atoms with van der Waals surface area (Å²) in [5.41, 5.74) is 1.07. The van der Waals surface area contributed by atoms with Gasteiger partial charge in [0.1, 0.15) is 6.07 Å². The molecular weight excluding hydrogens is 240 g/mol. The van der Waals surface area contributed by atoms with Crippen LogP contribution < -0.4 is 0 Å². The molecule has 0 bridgehead atoms. The zero-order valence-electron chi connectivity index (χ0n) is 9.59. The largest absolute Gasteiger partial charge is 0.325 e. The summed E-state index contributed by atoms with van der Waals surface area (Å²) in [6.07, 6.45) is 10.5. The maximum Gasteiger partial charge on any atom is 0.325 e. The Morgan fingerprint density at radius 1 is 1.59 bits per heavy atom. The minimum absolute atomic E-state index is 0.0677. The Kier molecular flexibility index (Phi) is 4.91. The van der Waals surface area contributed by atoms with Crippen LogP contribution in [-0.2, 0) is 14.4 Å². The third-order valence-corrected chi connectivity index (χ3v) is 2.51. The normalized spacial score (nSPS) is 17.6. The highest BCUT2D eigenvalue weighted by molar-refractivity contribution is 7.85. The molecule has 5 nitrogen and oxygen atoms in total. The second-order valence-electron chi connectivity index (χ2n) is 3.73. The van der Waals surface area contributed by atoms with Gasteiger partial charge in [0.15, 0.2) is 5.71 Å². The van der Waals surface area contributed by atoms with E-state index < -0.39 is 10.1 Å². The lowest BCUT2D eigenvalue weighted by Crippen LogP contribution is -2.00. The smallest absolute Gasteiger partial charge is 0.267 e. The standard InChI is InChI=1S/C11H14N2O3S/c1-17(14,15)16-13-11(9-12)8-7-10-5-3-2-4-6-10/h5,7-8H,2-4,6H2,1H3/b8-7+,13-11-. The van der Waals surface area contributed by atoms with Crippen LogP contribution in [0.2, 0.25) is 0 Å². The van der Waals surface area contributed by atoms with Crippen LogP contribution in [0.25, 0.3) is 0 Å². The average molecular weight is 254 g/mol. The first-order valence-electron chi connectivity index (χ1n) is 5.25. The van der Waals surface area contributed by atoms with Crippen molar-refractivity contribution >= 4 is 15.8 Å². The molecule has 92 valence electrons. The van der Waals surface area contributed by atoms with E-state index in [1.165, 1.54) is 12.5 Å². The lowest BCUT2D eigenvalue weighted by atomic mass is 9.99. The monoisotopic (exact) mass is 254 g/mol. The molecule has 1 aliphatic carbocycles.